The van der Waals surface area contributed by atoms with Gasteiger partial charge < -0.3 is 10.1 Å². The minimum absolute atomic E-state index is 0.261. The molecular weight excluding hydrogens is 294 g/mol. The number of benzene rings is 1. The number of rotatable bonds is 2. The van der Waals surface area contributed by atoms with Crippen molar-refractivity contribution in [2.24, 2.45) is 0 Å². The van der Waals surface area contributed by atoms with Crippen LogP contribution in [0.2, 0.25) is 5.02 Å². The fourth-order valence-electron chi connectivity index (χ4n) is 1.90. The van der Waals surface area contributed by atoms with Crippen molar-refractivity contribution in [2.45, 2.75) is 32.4 Å². The molecule has 1 aromatic rings. The van der Waals surface area contributed by atoms with Crippen LogP contribution in [0.25, 0.3) is 0 Å². The highest BCUT2D eigenvalue weighted by molar-refractivity contribution is 6.30. The summed E-state index contributed by atoms with van der Waals surface area (Å²) in [5.74, 6) is -0.261. The molecule has 0 saturated carbocycles. The number of carbonyl (C=O) groups is 2. The number of carbonyl (C=O) groups excluding carboxylic acids is 2. The second-order valence-corrected chi connectivity index (χ2v) is 6.15. The van der Waals surface area contributed by atoms with Gasteiger partial charge in [-0.25, -0.2) is 15.2 Å². The summed E-state index contributed by atoms with van der Waals surface area (Å²) in [6, 6.07) is 6.23. The average molecular weight is 312 g/mol. The molecule has 2 rings (SSSR count). The number of alkyl carbamates (subject to hydrolysis) is 1. The van der Waals surface area contributed by atoms with Gasteiger partial charge in [-0.15, -0.1) is 0 Å². The largest absolute Gasteiger partial charge is 0.444 e. The zero-order valence-corrected chi connectivity index (χ0v) is 12.9. The summed E-state index contributed by atoms with van der Waals surface area (Å²) in [5.41, 5.74) is 2.94. The van der Waals surface area contributed by atoms with Crippen molar-refractivity contribution in [3.63, 3.8) is 0 Å². The molecular formula is C14H18ClN3O3. The number of anilines is 1. The van der Waals surface area contributed by atoms with Crippen LogP contribution in [0.3, 0.4) is 0 Å². The van der Waals surface area contributed by atoms with Crippen molar-refractivity contribution in [1.82, 2.24) is 10.7 Å². The maximum atomic E-state index is 12.3. The molecule has 0 aliphatic carbocycles. The summed E-state index contributed by atoms with van der Waals surface area (Å²) in [7, 11) is 0. The number of nitrogens with zero attached hydrogens (tertiary/aromatic N) is 1. The molecule has 0 spiro atoms. The summed E-state index contributed by atoms with van der Waals surface area (Å²) < 4.78 is 5.14. The van der Waals surface area contributed by atoms with E-state index in [9.17, 15) is 9.59 Å². The van der Waals surface area contributed by atoms with Crippen molar-refractivity contribution < 1.29 is 14.3 Å². The molecule has 1 unspecified atom stereocenters. The molecule has 1 aromatic carbocycles. The number of hydrogen-bond acceptors (Lipinski definition) is 4. The van der Waals surface area contributed by atoms with Crippen LogP contribution < -0.4 is 15.8 Å². The summed E-state index contributed by atoms with van der Waals surface area (Å²) in [6.07, 6.45) is -0.615. The van der Waals surface area contributed by atoms with Gasteiger partial charge in [0.1, 0.15) is 11.6 Å². The second kappa shape index (κ2) is 5.91. The Morgan fingerprint density at radius 1 is 1.48 bits per heavy atom. The van der Waals surface area contributed by atoms with E-state index in [1.165, 1.54) is 5.01 Å². The van der Waals surface area contributed by atoms with Crippen LogP contribution in [0.15, 0.2) is 24.3 Å². The smallest absolute Gasteiger partial charge is 0.408 e. The van der Waals surface area contributed by atoms with Crippen LogP contribution >= 0.6 is 11.6 Å². The first kappa shape index (κ1) is 15.6. The molecule has 1 aliphatic heterocycles. The third kappa shape index (κ3) is 4.09. The van der Waals surface area contributed by atoms with Gasteiger partial charge in [-0.05, 0) is 39.0 Å². The first-order valence-electron chi connectivity index (χ1n) is 6.59. The van der Waals surface area contributed by atoms with Gasteiger partial charge in [0.2, 0.25) is 0 Å². The molecule has 0 bridgehead atoms. The van der Waals surface area contributed by atoms with Crippen LogP contribution in [0.1, 0.15) is 20.8 Å². The topological polar surface area (TPSA) is 70.7 Å². The molecule has 2 amide bonds. The van der Waals surface area contributed by atoms with Gasteiger partial charge in [-0.1, -0.05) is 17.7 Å². The Morgan fingerprint density at radius 3 is 2.81 bits per heavy atom. The predicted octanol–water partition coefficient (Wildman–Crippen LogP) is 2.08. The van der Waals surface area contributed by atoms with E-state index < -0.39 is 17.7 Å². The van der Waals surface area contributed by atoms with Gasteiger partial charge in [0, 0.05) is 11.6 Å². The molecule has 21 heavy (non-hydrogen) atoms. The third-order valence-corrected chi connectivity index (χ3v) is 2.96. The maximum Gasteiger partial charge on any atom is 0.408 e. The van der Waals surface area contributed by atoms with E-state index >= 15 is 0 Å². The van der Waals surface area contributed by atoms with Crippen molar-refractivity contribution >= 4 is 29.3 Å². The highest BCUT2D eigenvalue weighted by Crippen LogP contribution is 2.20. The Kier molecular flexibility index (Phi) is 4.39. The maximum absolute atomic E-state index is 12.3. The number of halogens is 1. The molecule has 114 valence electrons. The van der Waals surface area contributed by atoms with Crippen LogP contribution in [0, 0.1) is 0 Å². The number of amides is 2. The number of hydrazine groups is 1. The summed E-state index contributed by atoms with van der Waals surface area (Å²) >= 11 is 5.91. The molecule has 1 fully saturated rings. The van der Waals surface area contributed by atoms with E-state index in [1.807, 2.05) is 0 Å². The van der Waals surface area contributed by atoms with Gasteiger partial charge in [0.15, 0.2) is 0 Å². The standard InChI is InChI=1S/C14H18ClN3O3/c1-14(2,3)21-13(20)17-11-8-16-18(12(11)19)10-6-4-5-9(15)7-10/h4-7,11,16H,8H2,1-3H3,(H,17,20). The average Bonchev–Trinajstić information content (AvgIpc) is 2.68. The fraction of sp³-hybridized carbons (Fsp3) is 0.429. The Hall–Kier alpha value is -1.79. The Balaban J connectivity index is 2.00. The molecule has 1 heterocycles. The lowest BCUT2D eigenvalue weighted by atomic mass is 10.2. The van der Waals surface area contributed by atoms with Gasteiger partial charge in [0.25, 0.3) is 5.91 Å². The molecule has 2 N–H and O–H groups in total. The number of nitrogens with one attached hydrogen (secondary N) is 2. The molecule has 6 nitrogen and oxygen atoms in total. The van der Waals surface area contributed by atoms with Gasteiger partial charge >= 0.3 is 6.09 Å². The molecule has 1 aliphatic rings. The number of ether oxygens (including phenoxy) is 1. The minimum Gasteiger partial charge on any atom is -0.444 e. The van der Waals surface area contributed by atoms with Crippen molar-refractivity contribution in [3.05, 3.63) is 29.3 Å². The van der Waals surface area contributed by atoms with Gasteiger partial charge in [0.05, 0.1) is 5.69 Å². The highest BCUT2D eigenvalue weighted by atomic mass is 35.5. The minimum atomic E-state index is -0.668. The fourth-order valence-corrected chi connectivity index (χ4v) is 2.08. The van der Waals surface area contributed by atoms with E-state index in [2.05, 4.69) is 10.7 Å². The molecule has 7 heteroatoms. The van der Waals surface area contributed by atoms with E-state index in [4.69, 9.17) is 16.3 Å². The van der Waals surface area contributed by atoms with Gasteiger partial charge in [-0.3, -0.25) is 4.79 Å². The summed E-state index contributed by atoms with van der Waals surface area (Å²) in [6.45, 7) is 5.59. The summed E-state index contributed by atoms with van der Waals surface area (Å²) in [4.78, 5) is 24.0. The van der Waals surface area contributed by atoms with Crippen LogP contribution in [0.5, 0.6) is 0 Å². The summed E-state index contributed by atoms with van der Waals surface area (Å²) in [5, 5.41) is 4.45. The monoisotopic (exact) mass is 311 g/mol. The molecule has 1 atom stereocenters. The third-order valence-electron chi connectivity index (χ3n) is 2.73. The zero-order chi connectivity index (χ0) is 15.6. The Labute approximate surface area is 128 Å². The van der Waals surface area contributed by atoms with Crippen molar-refractivity contribution in [2.75, 3.05) is 11.6 Å². The highest BCUT2D eigenvalue weighted by Gasteiger charge is 2.34. The van der Waals surface area contributed by atoms with E-state index in [1.54, 1.807) is 45.0 Å². The lowest BCUT2D eigenvalue weighted by Gasteiger charge is -2.21. The molecule has 0 aromatic heterocycles. The van der Waals surface area contributed by atoms with E-state index in [0.717, 1.165) is 0 Å². The lowest BCUT2D eigenvalue weighted by molar-refractivity contribution is -0.118. The predicted molar refractivity (Wildman–Crippen MR) is 80.1 cm³/mol. The van der Waals surface area contributed by atoms with E-state index in [0.29, 0.717) is 17.3 Å². The van der Waals surface area contributed by atoms with E-state index in [-0.39, 0.29) is 5.91 Å². The molecule has 0 radical (unpaired) electrons. The Morgan fingerprint density at radius 2 is 2.19 bits per heavy atom. The Bertz CT molecular complexity index is 557. The number of hydrogen-bond donors (Lipinski definition) is 2. The van der Waals surface area contributed by atoms with Crippen LogP contribution in [0.4, 0.5) is 10.5 Å². The second-order valence-electron chi connectivity index (χ2n) is 5.71. The molecule has 1 saturated heterocycles. The quantitative estimate of drug-likeness (QED) is 0.877. The lowest BCUT2D eigenvalue weighted by Crippen LogP contribution is -2.44. The first-order chi connectivity index (χ1) is 9.76. The van der Waals surface area contributed by atoms with Crippen LogP contribution in [-0.4, -0.2) is 30.2 Å². The van der Waals surface area contributed by atoms with Crippen molar-refractivity contribution in [3.8, 4) is 0 Å². The van der Waals surface area contributed by atoms with Crippen LogP contribution in [-0.2, 0) is 9.53 Å². The normalized spacial score (nSPS) is 18.8. The SMILES string of the molecule is CC(C)(C)OC(=O)NC1CNN(c2cccc(Cl)c2)C1=O. The van der Waals surface area contributed by atoms with Crippen molar-refractivity contribution in [1.29, 1.82) is 0 Å². The van der Waals surface area contributed by atoms with Gasteiger partial charge in [-0.2, -0.15) is 0 Å². The zero-order valence-electron chi connectivity index (χ0n) is 12.1. The first-order valence-corrected chi connectivity index (χ1v) is 6.96.